The van der Waals surface area contributed by atoms with Gasteiger partial charge in [-0.3, -0.25) is 9.59 Å². The molecule has 0 bridgehead atoms. The molecule has 2 amide bonds. The predicted molar refractivity (Wildman–Crippen MR) is 133 cm³/mol. The Hall–Kier alpha value is -3.56. The van der Waals surface area contributed by atoms with Crippen LogP contribution in [0.25, 0.3) is 0 Å². The summed E-state index contributed by atoms with van der Waals surface area (Å²) >= 11 is 0. The number of rotatable bonds is 7. The van der Waals surface area contributed by atoms with Gasteiger partial charge in [-0.05, 0) is 92.8 Å². The average Bonchev–Trinajstić information content (AvgIpc) is 3.38. The van der Waals surface area contributed by atoms with E-state index in [1.165, 1.54) is 17.0 Å². The zero-order valence-corrected chi connectivity index (χ0v) is 21.1. The van der Waals surface area contributed by atoms with Crippen LogP contribution in [-0.2, 0) is 15.8 Å². The quantitative estimate of drug-likeness (QED) is 0.528. The van der Waals surface area contributed by atoms with Crippen molar-refractivity contribution < 1.29 is 37.4 Å². The van der Waals surface area contributed by atoms with Gasteiger partial charge in [-0.1, -0.05) is 12.1 Å². The van der Waals surface area contributed by atoms with E-state index >= 15 is 0 Å². The Morgan fingerprint density at radius 2 is 1.71 bits per heavy atom. The number of alkyl halides is 3. The van der Waals surface area contributed by atoms with Crippen molar-refractivity contribution in [1.82, 2.24) is 10.2 Å². The van der Waals surface area contributed by atoms with Gasteiger partial charge in [0.15, 0.2) is 6.61 Å². The highest BCUT2D eigenvalue weighted by molar-refractivity contribution is 5.89. The van der Waals surface area contributed by atoms with Crippen molar-refractivity contribution in [2.24, 2.45) is 0 Å². The zero-order chi connectivity index (χ0) is 27.4. The van der Waals surface area contributed by atoms with E-state index in [1.54, 1.807) is 13.0 Å². The van der Waals surface area contributed by atoms with Gasteiger partial charge in [0.25, 0.3) is 5.91 Å². The number of aryl methyl sites for hydroxylation is 1. The molecule has 4 rings (SSSR count). The smallest absolute Gasteiger partial charge is 0.416 e. The highest BCUT2D eigenvalue weighted by atomic mass is 19.4. The fourth-order valence-electron chi connectivity index (χ4n) is 5.36. The molecule has 1 saturated carbocycles. The number of likely N-dealkylation sites (tertiary alicyclic amines) is 1. The summed E-state index contributed by atoms with van der Waals surface area (Å²) in [6.45, 7) is 1.86. The minimum absolute atomic E-state index is 0.000844. The highest BCUT2D eigenvalue weighted by Gasteiger charge is 2.36. The summed E-state index contributed by atoms with van der Waals surface area (Å²) in [5, 5.41) is 12.3. The Labute approximate surface area is 219 Å². The van der Waals surface area contributed by atoms with E-state index in [1.807, 2.05) is 12.1 Å². The SMILES string of the molecule is Cc1cc(C2CCC(NC(=O)[C@H]3CCCN3C(=O)COc3ccc(C(F)(F)F)cc3)CC2)ccc1C(=O)O. The van der Waals surface area contributed by atoms with Crippen molar-refractivity contribution in [3.63, 3.8) is 0 Å². The zero-order valence-electron chi connectivity index (χ0n) is 21.1. The number of carboxylic acid groups (broad SMARTS) is 1. The van der Waals surface area contributed by atoms with E-state index in [4.69, 9.17) is 4.74 Å². The molecule has 1 aliphatic heterocycles. The molecule has 1 saturated heterocycles. The molecule has 2 aromatic carbocycles. The number of nitrogens with one attached hydrogen (secondary N) is 1. The normalized spacial score (nSPS) is 21.7. The maximum Gasteiger partial charge on any atom is 0.416 e. The minimum atomic E-state index is -4.45. The molecular weight excluding hydrogens is 501 g/mol. The molecule has 1 heterocycles. The van der Waals surface area contributed by atoms with Crippen LogP contribution in [0, 0.1) is 6.92 Å². The van der Waals surface area contributed by atoms with Crippen LogP contribution in [0.15, 0.2) is 42.5 Å². The third-order valence-corrected chi connectivity index (χ3v) is 7.45. The third-order valence-electron chi connectivity index (χ3n) is 7.45. The van der Waals surface area contributed by atoms with Gasteiger partial charge in [0, 0.05) is 12.6 Å². The van der Waals surface area contributed by atoms with Crippen LogP contribution in [0.3, 0.4) is 0 Å². The van der Waals surface area contributed by atoms with Crippen LogP contribution in [0.5, 0.6) is 5.75 Å². The molecule has 2 N–H and O–H groups in total. The first-order chi connectivity index (χ1) is 18.0. The van der Waals surface area contributed by atoms with E-state index in [-0.39, 0.29) is 30.2 Å². The van der Waals surface area contributed by atoms with Gasteiger partial charge in [0.1, 0.15) is 11.8 Å². The average molecular weight is 533 g/mol. The largest absolute Gasteiger partial charge is 0.484 e. The lowest BCUT2D eigenvalue weighted by Gasteiger charge is -2.31. The first-order valence-electron chi connectivity index (χ1n) is 12.8. The molecule has 2 aromatic rings. The van der Waals surface area contributed by atoms with Crippen LogP contribution in [0.4, 0.5) is 13.2 Å². The summed E-state index contributed by atoms with van der Waals surface area (Å²) in [6, 6.07) is 8.98. The molecule has 204 valence electrons. The van der Waals surface area contributed by atoms with Crippen molar-refractivity contribution >= 4 is 17.8 Å². The van der Waals surface area contributed by atoms with Crippen LogP contribution in [0.1, 0.15) is 71.5 Å². The minimum Gasteiger partial charge on any atom is -0.484 e. The molecule has 1 atom stereocenters. The number of carbonyl (C=O) groups excluding carboxylic acids is 2. The monoisotopic (exact) mass is 532 g/mol. The van der Waals surface area contributed by atoms with E-state index < -0.39 is 23.8 Å². The van der Waals surface area contributed by atoms with Crippen molar-refractivity contribution in [1.29, 1.82) is 0 Å². The first-order valence-corrected chi connectivity index (χ1v) is 12.8. The van der Waals surface area contributed by atoms with E-state index in [0.29, 0.717) is 30.9 Å². The summed E-state index contributed by atoms with van der Waals surface area (Å²) in [6.07, 6.45) is 0.0825. The Balaban J connectivity index is 1.26. The molecule has 0 aromatic heterocycles. The molecule has 0 radical (unpaired) electrons. The molecular formula is C28H31F3N2O5. The number of benzene rings is 2. The lowest BCUT2D eigenvalue weighted by atomic mass is 9.81. The number of carbonyl (C=O) groups is 3. The van der Waals surface area contributed by atoms with Gasteiger partial charge in [-0.15, -0.1) is 0 Å². The number of ether oxygens (including phenoxy) is 1. The van der Waals surface area contributed by atoms with E-state index in [0.717, 1.165) is 48.9 Å². The summed E-state index contributed by atoms with van der Waals surface area (Å²) in [7, 11) is 0. The Kier molecular flexibility index (Phi) is 8.28. The maximum absolute atomic E-state index is 13.0. The Bertz CT molecular complexity index is 1170. The second-order valence-electron chi connectivity index (χ2n) is 9.99. The molecule has 38 heavy (non-hydrogen) atoms. The van der Waals surface area contributed by atoms with Gasteiger partial charge in [0.2, 0.25) is 5.91 Å². The third kappa shape index (κ3) is 6.46. The number of aromatic carboxylic acids is 1. The van der Waals surface area contributed by atoms with Crippen LogP contribution >= 0.6 is 0 Å². The highest BCUT2D eigenvalue weighted by Crippen LogP contribution is 2.34. The Morgan fingerprint density at radius 3 is 2.32 bits per heavy atom. The summed E-state index contributed by atoms with van der Waals surface area (Å²) in [5.41, 5.74) is 1.35. The number of hydrogen-bond donors (Lipinski definition) is 2. The fraction of sp³-hybridized carbons (Fsp3) is 0.464. The van der Waals surface area contributed by atoms with Crippen molar-refractivity contribution in [2.45, 2.75) is 69.6 Å². The number of carboxylic acids is 1. The molecule has 7 nitrogen and oxygen atoms in total. The van der Waals surface area contributed by atoms with Gasteiger partial charge >= 0.3 is 12.1 Å². The van der Waals surface area contributed by atoms with E-state index in [2.05, 4.69) is 5.32 Å². The summed E-state index contributed by atoms with van der Waals surface area (Å²) in [5.74, 6) is -1.07. The van der Waals surface area contributed by atoms with Crippen molar-refractivity contribution in [3.05, 3.63) is 64.7 Å². The second-order valence-corrected chi connectivity index (χ2v) is 9.99. The predicted octanol–water partition coefficient (Wildman–Crippen LogP) is 4.92. The molecule has 2 fully saturated rings. The van der Waals surface area contributed by atoms with Gasteiger partial charge in [0.05, 0.1) is 11.1 Å². The molecule has 2 aliphatic rings. The number of halogens is 3. The maximum atomic E-state index is 13.0. The van der Waals surface area contributed by atoms with Crippen LogP contribution in [-0.4, -0.2) is 53.0 Å². The number of nitrogens with zero attached hydrogens (tertiary/aromatic N) is 1. The number of hydrogen-bond acceptors (Lipinski definition) is 4. The fourth-order valence-corrected chi connectivity index (χ4v) is 5.36. The van der Waals surface area contributed by atoms with E-state index in [9.17, 15) is 32.7 Å². The topological polar surface area (TPSA) is 95.9 Å². The van der Waals surface area contributed by atoms with Gasteiger partial charge in [-0.25, -0.2) is 4.79 Å². The first kappa shape index (κ1) is 27.5. The number of amides is 2. The second kappa shape index (κ2) is 11.4. The van der Waals surface area contributed by atoms with Crippen LogP contribution < -0.4 is 10.1 Å². The van der Waals surface area contributed by atoms with Gasteiger partial charge < -0.3 is 20.1 Å². The lowest BCUT2D eigenvalue weighted by molar-refractivity contribution is -0.140. The van der Waals surface area contributed by atoms with Gasteiger partial charge in [-0.2, -0.15) is 13.2 Å². The molecule has 10 heteroatoms. The summed E-state index contributed by atoms with van der Waals surface area (Å²) in [4.78, 5) is 38.5. The summed E-state index contributed by atoms with van der Waals surface area (Å²) < 4.78 is 43.5. The lowest BCUT2D eigenvalue weighted by Crippen LogP contribution is -2.50. The van der Waals surface area contributed by atoms with Crippen molar-refractivity contribution in [2.75, 3.05) is 13.2 Å². The molecule has 0 unspecified atom stereocenters. The van der Waals surface area contributed by atoms with Crippen molar-refractivity contribution in [3.8, 4) is 5.75 Å². The van der Waals surface area contributed by atoms with Crippen LogP contribution in [0.2, 0.25) is 0 Å². The Morgan fingerprint density at radius 1 is 1.03 bits per heavy atom. The standard InChI is InChI=1S/C28H31F3N2O5/c1-17-15-19(6-13-23(17)27(36)37)18-4-9-21(10-5-18)32-26(35)24-3-2-14-33(24)25(34)16-38-22-11-7-20(8-12-22)28(29,30)31/h6-8,11-13,15,18,21,24H,2-5,9-10,14,16H2,1H3,(H,32,35)(H,36,37)/t18?,21?,24-/m1/s1. The molecule has 0 spiro atoms. The molecule has 1 aliphatic carbocycles.